The van der Waals surface area contributed by atoms with Crippen LogP contribution in [0.2, 0.25) is 0 Å². The number of hydrogen-bond donors (Lipinski definition) is 1. The van der Waals surface area contributed by atoms with E-state index < -0.39 is 4.92 Å². The lowest BCUT2D eigenvalue weighted by molar-refractivity contribution is -0.385. The highest BCUT2D eigenvalue weighted by Crippen LogP contribution is 2.33. The molecule has 1 aromatic heterocycles. The second kappa shape index (κ2) is 6.25. The van der Waals surface area contributed by atoms with Gasteiger partial charge in [0.25, 0.3) is 11.6 Å². The Kier molecular flexibility index (Phi) is 4.80. The first-order valence-corrected chi connectivity index (χ1v) is 8.21. The van der Waals surface area contributed by atoms with Crippen LogP contribution in [-0.2, 0) is 0 Å². The third kappa shape index (κ3) is 3.50. The highest BCUT2D eigenvalue weighted by molar-refractivity contribution is 9.13. The van der Waals surface area contributed by atoms with Crippen LogP contribution < -0.4 is 5.32 Å². The first kappa shape index (κ1) is 16.1. The van der Waals surface area contributed by atoms with Gasteiger partial charge in [0.05, 0.1) is 19.3 Å². The molecule has 1 aromatic carbocycles. The third-order valence-electron chi connectivity index (χ3n) is 2.86. The third-order valence-corrected chi connectivity index (χ3v) is 6.11. The quantitative estimate of drug-likeness (QED) is 0.543. The van der Waals surface area contributed by atoms with E-state index >= 15 is 0 Å². The molecule has 0 aliphatic rings. The maximum Gasteiger partial charge on any atom is 0.274 e. The van der Waals surface area contributed by atoms with Crippen LogP contribution >= 0.6 is 43.2 Å². The molecule has 110 valence electrons. The Morgan fingerprint density at radius 1 is 1.24 bits per heavy atom. The molecule has 8 heteroatoms. The van der Waals surface area contributed by atoms with Crippen molar-refractivity contribution >= 4 is 60.5 Å². The molecule has 2 rings (SSSR count). The number of benzene rings is 1. The second-order valence-electron chi connectivity index (χ2n) is 4.40. The van der Waals surface area contributed by atoms with Gasteiger partial charge in [-0.2, -0.15) is 0 Å². The van der Waals surface area contributed by atoms with Crippen LogP contribution in [0.3, 0.4) is 0 Å². The van der Waals surface area contributed by atoms with E-state index in [-0.39, 0.29) is 11.6 Å². The van der Waals surface area contributed by atoms with Crippen molar-refractivity contribution in [1.29, 1.82) is 0 Å². The van der Waals surface area contributed by atoms with Crippen LogP contribution in [0, 0.1) is 24.0 Å². The molecule has 0 spiro atoms. The molecule has 1 amide bonds. The lowest BCUT2D eigenvalue weighted by Gasteiger charge is -2.08. The summed E-state index contributed by atoms with van der Waals surface area (Å²) in [7, 11) is 0. The number of halogens is 2. The van der Waals surface area contributed by atoms with Gasteiger partial charge < -0.3 is 5.32 Å². The van der Waals surface area contributed by atoms with Crippen molar-refractivity contribution in [2.75, 3.05) is 5.32 Å². The van der Waals surface area contributed by atoms with Gasteiger partial charge in [0.2, 0.25) is 0 Å². The summed E-state index contributed by atoms with van der Waals surface area (Å²) < 4.78 is 1.61. The van der Waals surface area contributed by atoms with E-state index in [9.17, 15) is 14.9 Å². The summed E-state index contributed by atoms with van der Waals surface area (Å²) in [5.74, 6) is -0.298. The molecule has 0 aliphatic carbocycles. The Morgan fingerprint density at radius 2 is 1.90 bits per heavy atom. The molecule has 0 atom stereocenters. The lowest BCUT2D eigenvalue weighted by atomic mass is 10.1. The molecular formula is C13H10Br2N2O3S. The summed E-state index contributed by atoms with van der Waals surface area (Å²) in [6, 6.07) is 4.77. The Hall–Kier alpha value is -1.25. The van der Waals surface area contributed by atoms with E-state index in [2.05, 4.69) is 37.2 Å². The molecule has 0 unspecified atom stereocenters. The molecule has 2 aromatic rings. The second-order valence-corrected chi connectivity index (χ2v) is 7.62. The van der Waals surface area contributed by atoms with Gasteiger partial charge in [0.15, 0.2) is 0 Å². The van der Waals surface area contributed by atoms with Crippen LogP contribution in [0.5, 0.6) is 0 Å². The standard InChI is InChI=1S/C13H10Br2N2O3S/c1-6-3-7(2)10(17(19)20)5-9(6)16-13(18)11-4-8(14)12(15)21-11/h3-5H,1-2H3,(H,16,18). The fourth-order valence-electron chi connectivity index (χ4n) is 1.81. The number of aryl methyl sites for hydroxylation is 2. The van der Waals surface area contributed by atoms with Crippen LogP contribution in [0.25, 0.3) is 0 Å². The summed E-state index contributed by atoms with van der Waals surface area (Å²) >= 11 is 7.93. The number of carbonyl (C=O) groups is 1. The highest BCUT2D eigenvalue weighted by Gasteiger charge is 2.17. The SMILES string of the molecule is Cc1cc(C)c([N+](=O)[O-])cc1NC(=O)c1cc(Br)c(Br)s1. The average Bonchev–Trinajstić information content (AvgIpc) is 2.72. The smallest absolute Gasteiger partial charge is 0.274 e. The number of anilines is 1. The summed E-state index contributed by atoms with van der Waals surface area (Å²) in [6.45, 7) is 3.47. The van der Waals surface area contributed by atoms with E-state index in [1.807, 2.05) is 0 Å². The number of nitro groups is 1. The van der Waals surface area contributed by atoms with Crippen LogP contribution in [-0.4, -0.2) is 10.8 Å². The van der Waals surface area contributed by atoms with Gasteiger partial charge in [-0.25, -0.2) is 0 Å². The number of amides is 1. The van der Waals surface area contributed by atoms with E-state index in [4.69, 9.17) is 0 Å². The van der Waals surface area contributed by atoms with Gasteiger partial charge >= 0.3 is 0 Å². The predicted octanol–water partition coefficient (Wildman–Crippen LogP) is 5.05. The van der Waals surface area contributed by atoms with Gasteiger partial charge in [-0.05, 0) is 63.4 Å². The van der Waals surface area contributed by atoms with Gasteiger partial charge in [0, 0.05) is 16.1 Å². The zero-order valence-corrected chi connectivity index (χ0v) is 15.1. The molecule has 5 nitrogen and oxygen atoms in total. The molecule has 0 bridgehead atoms. The zero-order chi connectivity index (χ0) is 15.7. The summed E-state index contributed by atoms with van der Waals surface area (Å²) in [6.07, 6.45) is 0. The molecule has 21 heavy (non-hydrogen) atoms. The zero-order valence-electron chi connectivity index (χ0n) is 11.1. The Bertz CT molecular complexity index is 724. The van der Waals surface area contributed by atoms with Crippen molar-refractivity contribution in [2.24, 2.45) is 0 Å². The first-order chi connectivity index (χ1) is 9.79. The maximum absolute atomic E-state index is 12.2. The summed E-state index contributed by atoms with van der Waals surface area (Å²) in [5.41, 5.74) is 1.78. The molecule has 1 heterocycles. The Morgan fingerprint density at radius 3 is 2.43 bits per heavy atom. The minimum Gasteiger partial charge on any atom is -0.321 e. The van der Waals surface area contributed by atoms with Crippen LogP contribution in [0.4, 0.5) is 11.4 Å². The molecule has 0 saturated heterocycles. The summed E-state index contributed by atoms with van der Waals surface area (Å²) in [5, 5.41) is 13.7. The van der Waals surface area contributed by atoms with Crippen LogP contribution in [0.1, 0.15) is 20.8 Å². The number of nitrogens with one attached hydrogen (secondary N) is 1. The van der Waals surface area contributed by atoms with Crippen molar-refractivity contribution in [3.05, 3.63) is 52.6 Å². The number of nitrogens with zero attached hydrogens (tertiary/aromatic N) is 1. The Balaban J connectivity index is 2.33. The Labute approximate surface area is 141 Å². The summed E-state index contributed by atoms with van der Waals surface area (Å²) in [4.78, 5) is 23.2. The lowest BCUT2D eigenvalue weighted by Crippen LogP contribution is -2.11. The average molecular weight is 434 g/mol. The fourth-order valence-corrected chi connectivity index (χ4v) is 3.75. The van der Waals surface area contributed by atoms with Gasteiger partial charge in [0.1, 0.15) is 0 Å². The normalized spacial score (nSPS) is 10.5. The minimum absolute atomic E-state index is 0.00978. The first-order valence-electron chi connectivity index (χ1n) is 5.81. The molecular weight excluding hydrogens is 424 g/mol. The van der Waals surface area contributed by atoms with Crippen molar-refractivity contribution in [1.82, 2.24) is 0 Å². The number of rotatable bonds is 3. The van der Waals surface area contributed by atoms with E-state index in [0.717, 1.165) is 13.8 Å². The van der Waals surface area contributed by atoms with Crippen molar-refractivity contribution in [3.63, 3.8) is 0 Å². The monoisotopic (exact) mass is 432 g/mol. The highest BCUT2D eigenvalue weighted by atomic mass is 79.9. The van der Waals surface area contributed by atoms with E-state index in [1.54, 1.807) is 26.0 Å². The number of thiophene rings is 1. The van der Waals surface area contributed by atoms with Gasteiger partial charge in [-0.3, -0.25) is 14.9 Å². The van der Waals surface area contributed by atoms with E-state index in [1.165, 1.54) is 17.4 Å². The molecule has 0 radical (unpaired) electrons. The molecule has 1 N–H and O–H groups in total. The van der Waals surface area contributed by atoms with Crippen molar-refractivity contribution < 1.29 is 9.72 Å². The van der Waals surface area contributed by atoms with E-state index in [0.29, 0.717) is 16.1 Å². The molecule has 0 aliphatic heterocycles. The number of hydrogen-bond acceptors (Lipinski definition) is 4. The molecule has 0 saturated carbocycles. The van der Waals surface area contributed by atoms with Crippen LogP contribution in [0.15, 0.2) is 26.5 Å². The number of carbonyl (C=O) groups excluding carboxylic acids is 1. The van der Waals surface area contributed by atoms with Gasteiger partial charge in [-0.1, -0.05) is 0 Å². The van der Waals surface area contributed by atoms with Gasteiger partial charge in [-0.15, -0.1) is 11.3 Å². The fraction of sp³-hybridized carbons (Fsp3) is 0.154. The van der Waals surface area contributed by atoms with Crippen molar-refractivity contribution in [3.8, 4) is 0 Å². The molecule has 0 fully saturated rings. The largest absolute Gasteiger partial charge is 0.321 e. The topological polar surface area (TPSA) is 72.2 Å². The maximum atomic E-state index is 12.2. The van der Waals surface area contributed by atoms with Crippen molar-refractivity contribution in [2.45, 2.75) is 13.8 Å². The predicted molar refractivity (Wildman–Crippen MR) is 90.2 cm³/mol. The minimum atomic E-state index is -0.456. The number of nitro benzene ring substituents is 1.